The van der Waals surface area contributed by atoms with Gasteiger partial charge in [-0.05, 0) is 30.5 Å². The highest BCUT2D eigenvalue weighted by Crippen LogP contribution is 2.25. The summed E-state index contributed by atoms with van der Waals surface area (Å²) in [6.07, 6.45) is 5.26. The maximum absolute atomic E-state index is 13.1. The fourth-order valence-electron chi connectivity index (χ4n) is 4.94. The van der Waals surface area contributed by atoms with Gasteiger partial charge in [0, 0.05) is 64.5 Å². The van der Waals surface area contributed by atoms with Crippen LogP contribution in [0.3, 0.4) is 0 Å². The molecule has 0 spiro atoms. The molecule has 8 nitrogen and oxygen atoms in total. The van der Waals surface area contributed by atoms with Crippen LogP contribution in [0.25, 0.3) is 0 Å². The van der Waals surface area contributed by atoms with Gasteiger partial charge in [0.2, 0.25) is 0 Å². The van der Waals surface area contributed by atoms with Gasteiger partial charge in [-0.25, -0.2) is 0 Å². The second-order valence-corrected chi connectivity index (χ2v) is 11.1. The Morgan fingerprint density at radius 1 is 1.03 bits per heavy atom. The van der Waals surface area contributed by atoms with Crippen molar-refractivity contribution in [2.45, 2.75) is 44.7 Å². The van der Waals surface area contributed by atoms with Crippen molar-refractivity contribution >= 4 is 16.1 Å². The van der Waals surface area contributed by atoms with E-state index in [2.05, 4.69) is 11.0 Å². The molecular weight excluding hydrogens is 428 g/mol. The van der Waals surface area contributed by atoms with E-state index in [1.807, 2.05) is 18.2 Å². The second-order valence-electron chi connectivity index (χ2n) is 9.10. The number of piperazine rings is 1. The predicted molar refractivity (Wildman–Crippen MR) is 124 cm³/mol. The predicted octanol–water partition coefficient (Wildman–Crippen LogP) is 1.79. The van der Waals surface area contributed by atoms with Crippen molar-refractivity contribution in [3.63, 3.8) is 0 Å². The molecule has 178 valence electrons. The van der Waals surface area contributed by atoms with Crippen molar-refractivity contribution in [1.29, 1.82) is 0 Å². The molecule has 4 rings (SSSR count). The fourth-order valence-corrected chi connectivity index (χ4v) is 6.52. The smallest absolute Gasteiger partial charge is 0.282 e. The zero-order valence-corrected chi connectivity index (χ0v) is 19.9. The number of hydrogen-bond donors (Lipinski definition) is 0. The molecule has 2 aliphatic heterocycles. The molecule has 2 heterocycles. The zero-order valence-electron chi connectivity index (χ0n) is 19.1. The summed E-state index contributed by atoms with van der Waals surface area (Å²) in [4.78, 5) is 17.2. The summed E-state index contributed by atoms with van der Waals surface area (Å²) >= 11 is 0. The molecule has 0 aromatic heterocycles. The lowest BCUT2D eigenvalue weighted by Crippen LogP contribution is -2.55. The van der Waals surface area contributed by atoms with Gasteiger partial charge >= 0.3 is 0 Å². The summed E-state index contributed by atoms with van der Waals surface area (Å²) < 4.78 is 34.7. The molecule has 2 saturated heterocycles. The van der Waals surface area contributed by atoms with Crippen molar-refractivity contribution in [3.05, 3.63) is 35.4 Å². The number of benzene rings is 1. The molecule has 0 radical (unpaired) electrons. The summed E-state index contributed by atoms with van der Waals surface area (Å²) in [5.74, 6) is -0.0217. The van der Waals surface area contributed by atoms with Crippen LogP contribution in [-0.4, -0.2) is 98.3 Å². The molecular formula is C23H36N4O4S. The third-order valence-corrected chi connectivity index (χ3v) is 9.03. The van der Waals surface area contributed by atoms with Gasteiger partial charge in [-0.15, -0.1) is 0 Å². The number of amides is 1. The number of rotatable bonds is 6. The lowest BCUT2D eigenvalue weighted by molar-refractivity contribution is 0.0341. The minimum Gasteiger partial charge on any atom is -0.379 e. The molecule has 1 aliphatic carbocycles. The van der Waals surface area contributed by atoms with Crippen LogP contribution in [0.15, 0.2) is 24.3 Å². The van der Waals surface area contributed by atoms with E-state index in [0.717, 1.165) is 64.1 Å². The standard InChI is InChI=1S/C23H36N4O4S/c1-24(22-8-3-2-4-9-22)32(29,30)27-12-10-26(11-13-27)23(28)21-7-5-6-20(18-21)19-25-14-16-31-17-15-25/h5-7,18,22H,2-4,8-17,19H2,1H3. The first kappa shape index (κ1) is 23.6. The van der Waals surface area contributed by atoms with E-state index in [1.54, 1.807) is 20.6 Å². The molecule has 32 heavy (non-hydrogen) atoms. The highest BCUT2D eigenvalue weighted by Gasteiger charge is 2.35. The lowest BCUT2D eigenvalue weighted by Gasteiger charge is -2.38. The third-order valence-electron chi connectivity index (χ3n) is 6.99. The highest BCUT2D eigenvalue weighted by molar-refractivity contribution is 7.86. The van der Waals surface area contributed by atoms with Crippen molar-refractivity contribution in [1.82, 2.24) is 18.4 Å². The van der Waals surface area contributed by atoms with Crippen molar-refractivity contribution < 1.29 is 17.9 Å². The van der Waals surface area contributed by atoms with Crippen LogP contribution in [0.1, 0.15) is 48.0 Å². The Kier molecular flexibility index (Phi) is 7.83. The largest absolute Gasteiger partial charge is 0.379 e. The number of carbonyl (C=O) groups excluding carboxylic acids is 1. The van der Waals surface area contributed by atoms with Gasteiger partial charge in [-0.3, -0.25) is 9.69 Å². The van der Waals surface area contributed by atoms with E-state index < -0.39 is 10.2 Å². The van der Waals surface area contributed by atoms with Gasteiger partial charge in [-0.1, -0.05) is 31.4 Å². The molecule has 0 bridgehead atoms. The topological polar surface area (TPSA) is 73.4 Å². The van der Waals surface area contributed by atoms with Gasteiger partial charge in [-0.2, -0.15) is 17.0 Å². The molecule has 0 N–H and O–H groups in total. The monoisotopic (exact) mass is 464 g/mol. The van der Waals surface area contributed by atoms with E-state index in [4.69, 9.17) is 4.74 Å². The van der Waals surface area contributed by atoms with Gasteiger partial charge in [0.15, 0.2) is 0 Å². The first-order valence-corrected chi connectivity index (χ1v) is 13.3. The van der Waals surface area contributed by atoms with Crippen LogP contribution < -0.4 is 0 Å². The zero-order chi connectivity index (χ0) is 22.6. The Hall–Kier alpha value is -1.52. The van der Waals surface area contributed by atoms with Gasteiger partial charge < -0.3 is 9.64 Å². The van der Waals surface area contributed by atoms with E-state index in [9.17, 15) is 13.2 Å². The SMILES string of the molecule is CN(C1CCCCC1)S(=O)(=O)N1CCN(C(=O)c2cccc(CN3CCOCC3)c2)CC1. The highest BCUT2D eigenvalue weighted by atomic mass is 32.2. The molecule has 1 aromatic rings. The number of ether oxygens (including phenoxy) is 1. The number of nitrogens with zero attached hydrogens (tertiary/aromatic N) is 4. The van der Waals surface area contributed by atoms with Gasteiger partial charge in [0.25, 0.3) is 16.1 Å². The van der Waals surface area contributed by atoms with Crippen LogP contribution in [0.5, 0.6) is 0 Å². The fraction of sp³-hybridized carbons (Fsp3) is 0.696. The summed E-state index contributed by atoms with van der Waals surface area (Å²) in [5.41, 5.74) is 1.79. The maximum Gasteiger partial charge on any atom is 0.282 e. The molecule has 1 aromatic carbocycles. The molecule has 3 aliphatic rings. The molecule has 9 heteroatoms. The number of morpholine rings is 1. The van der Waals surface area contributed by atoms with Crippen molar-refractivity contribution in [2.75, 3.05) is 59.5 Å². The van der Waals surface area contributed by atoms with Crippen LogP contribution in [-0.2, 0) is 21.5 Å². The third kappa shape index (κ3) is 5.51. The number of carbonyl (C=O) groups is 1. The quantitative estimate of drug-likeness (QED) is 0.642. The molecule has 0 atom stereocenters. The van der Waals surface area contributed by atoms with Crippen LogP contribution >= 0.6 is 0 Å². The normalized spacial score (nSPS) is 22.4. The Balaban J connectivity index is 1.33. The van der Waals surface area contributed by atoms with E-state index in [1.165, 1.54) is 6.42 Å². The van der Waals surface area contributed by atoms with Gasteiger partial charge in [0.05, 0.1) is 13.2 Å². The van der Waals surface area contributed by atoms with Crippen LogP contribution in [0, 0.1) is 0 Å². The Morgan fingerprint density at radius 2 is 1.72 bits per heavy atom. The summed E-state index contributed by atoms with van der Waals surface area (Å²) in [5, 5.41) is 0. The average Bonchev–Trinajstić information content (AvgIpc) is 2.84. The molecule has 0 unspecified atom stereocenters. The Labute approximate surface area is 192 Å². The maximum atomic E-state index is 13.1. The Bertz CT molecular complexity index is 874. The van der Waals surface area contributed by atoms with Crippen molar-refractivity contribution in [3.8, 4) is 0 Å². The van der Waals surface area contributed by atoms with Gasteiger partial charge in [0.1, 0.15) is 0 Å². The first-order chi connectivity index (χ1) is 15.4. The van der Waals surface area contributed by atoms with Crippen LogP contribution in [0.4, 0.5) is 0 Å². The van der Waals surface area contributed by atoms with Crippen molar-refractivity contribution in [2.24, 2.45) is 0 Å². The summed E-state index contributed by atoms with van der Waals surface area (Å²) in [7, 11) is -1.77. The second kappa shape index (κ2) is 10.6. The average molecular weight is 465 g/mol. The van der Waals surface area contributed by atoms with E-state index in [-0.39, 0.29) is 11.9 Å². The summed E-state index contributed by atoms with van der Waals surface area (Å²) in [6.45, 7) is 5.66. The first-order valence-electron chi connectivity index (χ1n) is 11.9. The minimum absolute atomic E-state index is 0.0217. The Morgan fingerprint density at radius 3 is 2.41 bits per heavy atom. The molecule has 1 amide bonds. The lowest BCUT2D eigenvalue weighted by atomic mass is 9.96. The van der Waals surface area contributed by atoms with Crippen LogP contribution in [0.2, 0.25) is 0 Å². The molecule has 1 saturated carbocycles. The number of hydrogen-bond acceptors (Lipinski definition) is 5. The molecule has 3 fully saturated rings. The van der Waals surface area contributed by atoms with E-state index in [0.29, 0.717) is 31.7 Å². The van der Waals surface area contributed by atoms with E-state index >= 15 is 0 Å². The minimum atomic E-state index is -3.49. The summed E-state index contributed by atoms with van der Waals surface area (Å²) in [6, 6.07) is 7.91.